The second kappa shape index (κ2) is 13.4. The molecule has 0 fully saturated rings. The normalized spacial score (nSPS) is 19.0. The fraction of sp³-hybridized carbons (Fsp3) is 0.431. The van der Waals surface area contributed by atoms with Crippen LogP contribution in [0.5, 0.6) is 0 Å². The van der Waals surface area contributed by atoms with Gasteiger partial charge >= 0.3 is 0 Å². The first-order chi connectivity index (χ1) is 29.9. The monoisotopic (exact) mass is 879 g/mol. The van der Waals surface area contributed by atoms with Crippen molar-refractivity contribution >= 4 is 98.8 Å². The van der Waals surface area contributed by atoms with E-state index in [-0.39, 0.29) is 39.2 Å². The first-order valence-corrected chi connectivity index (χ1v) is 25.5. The zero-order chi connectivity index (χ0) is 45.4. The Balaban J connectivity index is 1.27. The third-order valence-corrected chi connectivity index (χ3v) is 18.6. The van der Waals surface area contributed by atoms with Gasteiger partial charge in [-0.1, -0.05) is 121 Å². The van der Waals surface area contributed by atoms with Crippen LogP contribution in [0.25, 0.3) is 20.2 Å². The van der Waals surface area contributed by atoms with Crippen LogP contribution in [0, 0.1) is 6.92 Å². The molecule has 3 aromatic heterocycles. The molecule has 2 aliphatic carbocycles. The number of hydrogen-bond acceptors (Lipinski definition) is 5. The van der Waals surface area contributed by atoms with Gasteiger partial charge in [0.05, 0.1) is 11.4 Å². The fourth-order valence-electron chi connectivity index (χ4n) is 11.8. The maximum absolute atomic E-state index is 5.67. The summed E-state index contributed by atoms with van der Waals surface area (Å²) in [5, 5.41) is 2.75. The van der Waals surface area contributed by atoms with Crippen LogP contribution < -0.4 is 24.8 Å². The van der Waals surface area contributed by atoms with Gasteiger partial charge in [-0.2, -0.15) is 0 Å². The van der Waals surface area contributed by atoms with Gasteiger partial charge < -0.3 is 4.90 Å². The molecule has 0 radical (unpaired) electrons. The number of hydrogen-bond donors (Lipinski definition) is 0. The average molecular weight is 880 g/mol. The smallest absolute Gasteiger partial charge is 0.279 e. The molecule has 328 valence electrons. The quantitative estimate of drug-likeness (QED) is 0.161. The van der Waals surface area contributed by atoms with E-state index in [9.17, 15) is 0 Å². The fourth-order valence-corrected chi connectivity index (χ4v) is 14.5. The molecule has 0 saturated heterocycles. The van der Waals surface area contributed by atoms with Crippen LogP contribution in [0.3, 0.4) is 0 Å². The zero-order valence-corrected chi connectivity index (χ0v) is 42.7. The molecule has 0 atom stereocenters. The van der Waals surface area contributed by atoms with Gasteiger partial charge in [0.25, 0.3) is 6.71 Å². The van der Waals surface area contributed by atoms with Gasteiger partial charge in [0, 0.05) is 52.5 Å². The second-order valence-electron chi connectivity index (χ2n) is 24.7. The lowest BCUT2D eigenvalue weighted by atomic mass is 9.39. The highest BCUT2D eigenvalue weighted by Crippen LogP contribution is 2.55. The largest absolute Gasteiger partial charge is 0.310 e. The van der Waals surface area contributed by atoms with Crippen LogP contribution in [0.4, 0.5) is 34.3 Å². The summed E-state index contributed by atoms with van der Waals surface area (Å²) in [6.45, 7) is 35.9. The van der Waals surface area contributed by atoms with E-state index in [1.54, 1.807) is 0 Å². The van der Waals surface area contributed by atoms with Crippen molar-refractivity contribution in [3.05, 3.63) is 118 Å². The van der Waals surface area contributed by atoms with Crippen LogP contribution >= 0.6 is 22.7 Å². The minimum absolute atomic E-state index is 0.0455. The highest BCUT2D eigenvalue weighted by molar-refractivity contribution is 7.40. The SMILES string of the molecule is Cc1cc2c3c(n1)N(c1ccc(C(C)(C)C)cc1)c1c(sc4cc5c(cc14)C(C)(C)CCC5(C)C)B3c1sc3cc4c(cc3c1N2c1ccc(C(C)(C)C)cc1)C(C)(C)CCC4(C)C. The van der Waals surface area contributed by atoms with Crippen molar-refractivity contribution in [2.45, 2.75) is 162 Å². The maximum atomic E-state index is 5.67. The van der Waals surface area contributed by atoms with Crippen molar-refractivity contribution in [2.24, 2.45) is 0 Å². The van der Waals surface area contributed by atoms with E-state index in [1.165, 1.54) is 123 Å². The second-order valence-corrected chi connectivity index (χ2v) is 26.8. The minimum atomic E-state index is 0.0455. The van der Waals surface area contributed by atoms with E-state index in [4.69, 9.17) is 4.98 Å². The number of anilines is 6. The van der Waals surface area contributed by atoms with Crippen molar-refractivity contribution in [2.75, 3.05) is 9.80 Å². The summed E-state index contributed by atoms with van der Waals surface area (Å²) in [6.07, 6.45) is 4.78. The number of aryl methyl sites for hydroxylation is 1. The Kier molecular flexibility index (Phi) is 8.83. The van der Waals surface area contributed by atoms with Crippen molar-refractivity contribution in [1.29, 1.82) is 0 Å². The zero-order valence-electron chi connectivity index (χ0n) is 41.1. The summed E-state index contributed by atoms with van der Waals surface area (Å²) in [7, 11) is 0. The maximum Gasteiger partial charge on any atom is 0.279 e. The van der Waals surface area contributed by atoms with Crippen molar-refractivity contribution in [1.82, 2.24) is 4.98 Å². The number of fused-ring (bicyclic) bond motifs is 10. The lowest BCUT2D eigenvalue weighted by molar-refractivity contribution is 0.332. The molecule has 6 heteroatoms. The van der Waals surface area contributed by atoms with E-state index in [1.807, 2.05) is 22.7 Å². The summed E-state index contributed by atoms with van der Waals surface area (Å²) < 4.78 is 5.66. The minimum Gasteiger partial charge on any atom is -0.310 e. The molecule has 0 bridgehead atoms. The number of thiophene rings is 2. The molecule has 0 unspecified atom stereocenters. The van der Waals surface area contributed by atoms with Crippen LogP contribution in [-0.4, -0.2) is 11.7 Å². The van der Waals surface area contributed by atoms with E-state index in [0.717, 1.165) is 11.5 Å². The van der Waals surface area contributed by atoms with Crippen LogP contribution in [0.15, 0.2) is 78.9 Å². The molecule has 5 heterocycles. The van der Waals surface area contributed by atoms with Crippen LogP contribution in [-0.2, 0) is 32.5 Å². The van der Waals surface area contributed by atoms with E-state index in [2.05, 4.69) is 193 Å². The number of nitrogens with zero attached hydrogens (tertiary/aromatic N) is 3. The molecule has 4 aliphatic rings. The van der Waals surface area contributed by atoms with Gasteiger partial charge in [0.2, 0.25) is 0 Å². The van der Waals surface area contributed by atoms with Gasteiger partial charge in [-0.05, 0) is 159 Å². The van der Waals surface area contributed by atoms with Gasteiger partial charge in [-0.25, -0.2) is 4.98 Å². The third kappa shape index (κ3) is 6.13. The Morgan fingerprint density at radius 3 is 1.30 bits per heavy atom. The van der Waals surface area contributed by atoms with Gasteiger partial charge in [-0.15, -0.1) is 22.7 Å². The summed E-state index contributed by atoms with van der Waals surface area (Å²) in [4.78, 5) is 10.9. The molecular formula is C58H66BN3S2. The lowest BCUT2D eigenvalue weighted by Crippen LogP contribution is -2.59. The predicted octanol–water partition coefficient (Wildman–Crippen LogP) is 15.2. The first-order valence-electron chi connectivity index (χ1n) is 23.9. The third-order valence-electron chi connectivity index (χ3n) is 16.2. The number of aromatic nitrogens is 1. The summed E-state index contributed by atoms with van der Waals surface area (Å²) in [6, 6.07) is 31.8. The molecule has 64 heavy (non-hydrogen) atoms. The molecule has 0 N–H and O–H groups in total. The highest BCUT2D eigenvalue weighted by Gasteiger charge is 2.49. The van der Waals surface area contributed by atoms with Crippen LogP contribution in [0.1, 0.15) is 162 Å². The van der Waals surface area contributed by atoms with Crippen molar-refractivity contribution < 1.29 is 0 Å². The summed E-state index contributed by atoms with van der Waals surface area (Å²) >= 11 is 4.08. The van der Waals surface area contributed by atoms with Crippen molar-refractivity contribution in [3.8, 4) is 0 Å². The molecule has 4 aromatic carbocycles. The molecule has 11 rings (SSSR count). The van der Waals surface area contributed by atoms with E-state index in [0.29, 0.717) is 0 Å². The Morgan fingerprint density at radius 1 is 0.516 bits per heavy atom. The number of rotatable bonds is 2. The topological polar surface area (TPSA) is 19.4 Å². The Morgan fingerprint density at radius 2 is 0.891 bits per heavy atom. The standard InChI is InChI=1S/C58H66BN3S2/c1-33-28-44-47-52(60-33)62(37-22-18-35(19-23-37)54(5,6)7)49-39-30-41-43(58(14,15)27-25-56(41,10)11)32-46(39)64-51(49)59(47)50-48(61(44)36-20-16-34(17-21-36)53(2,3)4)38-29-40-42(31-45(38)63-50)57(12,13)26-24-55(40,8)9/h16-23,28-32H,24-27H2,1-15H3. The van der Waals surface area contributed by atoms with Gasteiger partial charge in [0.15, 0.2) is 0 Å². The summed E-state index contributed by atoms with van der Waals surface area (Å²) in [5.74, 6) is 1.06. The molecule has 0 amide bonds. The number of pyridine rings is 1. The molecule has 0 spiro atoms. The highest BCUT2D eigenvalue weighted by atomic mass is 32.1. The van der Waals surface area contributed by atoms with Gasteiger partial charge in [0.1, 0.15) is 5.82 Å². The Hall–Kier alpha value is -4.39. The Bertz CT molecular complexity index is 2880. The molecule has 0 saturated carbocycles. The number of benzene rings is 4. The summed E-state index contributed by atoms with van der Waals surface area (Å²) in [5.41, 5.74) is 18.0. The molecule has 2 aliphatic heterocycles. The Labute approximate surface area is 391 Å². The molecular weight excluding hydrogens is 814 g/mol. The van der Waals surface area contributed by atoms with Crippen molar-refractivity contribution in [3.63, 3.8) is 0 Å². The van der Waals surface area contributed by atoms with Gasteiger partial charge in [-0.3, -0.25) is 4.90 Å². The molecule has 7 aromatic rings. The van der Waals surface area contributed by atoms with Crippen LogP contribution in [0.2, 0.25) is 0 Å². The predicted molar refractivity (Wildman–Crippen MR) is 282 cm³/mol. The van der Waals surface area contributed by atoms with E-state index >= 15 is 0 Å². The molecule has 3 nitrogen and oxygen atoms in total. The lowest BCUT2D eigenvalue weighted by Gasteiger charge is -2.43. The van der Waals surface area contributed by atoms with E-state index < -0.39 is 0 Å². The first kappa shape index (κ1) is 42.3. The average Bonchev–Trinajstić information content (AvgIpc) is 3.78.